The highest BCUT2D eigenvalue weighted by Crippen LogP contribution is 2.32. The molecule has 4 rings (SSSR count). The van der Waals surface area contributed by atoms with Crippen molar-refractivity contribution < 1.29 is 14.3 Å². The third-order valence-corrected chi connectivity index (χ3v) is 4.72. The van der Waals surface area contributed by atoms with Crippen LogP contribution in [0.3, 0.4) is 0 Å². The summed E-state index contributed by atoms with van der Waals surface area (Å²) < 4.78 is 11.4. The van der Waals surface area contributed by atoms with Gasteiger partial charge in [0.1, 0.15) is 5.69 Å². The molecule has 22 heavy (non-hydrogen) atoms. The third-order valence-electron chi connectivity index (χ3n) is 4.72. The molecule has 0 unspecified atom stereocenters. The number of hydrogen-bond acceptors (Lipinski definition) is 3. The fourth-order valence-corrected chi connectivity index (χ4v) is 3.43. The van der Waals surface area contributed by atoms with E-state index in [2.05, 4.69) is 4.98 Å². The third kappa shape index (κ3) is 2.21. The Labute approximate surface area is 129 Å². The summed E-state index contributed by atoms with van der Waals surface area (Å²) in [7, 11) is 0. The quantitative estimate of drug-likeness (QED) is 0.880. The lowest BCUT2D eigenvalue weighted by atomic mass is 10.0. The predicted octanol–water partition coefficient (Wildman–Crippen LogP) is 2.46. The Hall–Kier alpha value is -1.85. The van der Waals surface area contributed by atoms with Gasteiger partial charge in [0, 0.05) is 36.8 Å². The minimum atomic E-state index is -0.437. The number of rotatable bonds is 1. The van der Waals surface area contributed by atoms with Gasteiger partial charge in [0.2, 0.25) is 0 Å². The maximum Gasteiger partial charge on any atom is 0.270 e. The number of benzene rings is 1. The number of aryl methyl sites for hydroxylation is 1. The number of aromatic nitrogens is 1. The highest BCUT2D eigenvalue weighted by molar-refractivity contribution is 5.98. The topological polar surface area (TPSA) is 54.6 Å². The zero-order chi connectivity index (χ0) is 15.2. The molecule has 5 heteroatoms. The minimum absolute atomic E-state index is 0.0587. The van der Waals surface area contributed by atoms with Crippen LogP contribution in [0.15, 0.2) is 24.3 Å². The van der Waals surface area contributed by atoms with Crippen molar-refractivity contribution in [1.29, 1.82) is 0 Å². The number of amides is 1. The van der Waals surface area contributed by atoms with E-state index in [-0.39, 0.29) is 5.91 Å². The lowest BCUT2D eigenvalue weighted by molar-refractivity contribution is -0.181. The minimum Gasteiger partial charge on any atom is -0.350 e. The zero-order valence-corrected chi connectivity index (χ0v) is 12.7. The van der Waals surface area contributed by atoms with Gasteiger partial charge >= 0.3 is 0 Å². The fraction of sp³-hybridized carbons (Fsp3) is 0.471. The van der Waals surface area contributed by atoms with E-state index in [1.54, 1.807) is 0 Å². The second-order valence-electron chi connectivity index (χ2n) is 6.12. The maximum absolute atomic E-state index is 12.7. The summed E-state index contributed by atoms with van der Waals surface area (Å²) in [5, 5.41) is 1.08. The molecule has 1 aromatic carbocycles. The zero-order valence-electron chi connectivity index (χ0n) is 12.7. The first kappa shape index (κ1) is 13.8. The molecule has 0 radical (unpaired) electrons. The summed E-state index contributed by atoms with van der Waals surface area (Å²) in [5.41, 5.74) is 2.86. The summed E-state index contributed by atoms with van der Waals surface area (Å²) in [6, 6.07) is 8.03. The molecule has 3 heterocycles. The van der Waals surface area contributed by atoms with E-state index in [4.69, 9.17) is 9.47 Å². The lowest BCUT2D eigenvalue weighted by Gasteiger charge is -2.37. The highest BCUT2D eigenvalue weighted by atomic mass is 16.7. The van der Waals surface area contributed by atoms with Gasteiger partial charge in [-0.3, -0.25) is 4.79 Å². The Morgan fingerprint density at radius 1 is 1.23 bits per heavy atom. The monoisotopic (exact) mass is 300 g/mol. The summed E-state index contributed by atoms with van der Waals surface area (Å²) in [6.07, 6.45) is 1.50. The number of H-pyrrole nitrogens is 1. The SMILES string of the molecule is Cc1cccc2cc(C(=O)N3CCC4(CC3)OCCO4)[nH]c12. The van der Waals surface area contributed by atoms with Crippen molar-refractivity contribution >= 4 is 16.8 Å². The smallest absolute Gasteiger partial charge is 0.270 e. The molecule has 2 aliphatic heterocycles. The van der Waals surface area contributed by atoms with Crippen LogP contribution in [-0.4, -0.2) is 47.9 Å². The van der Waals surface area contributed by atoms with E-state index in [9.17, 15) is 4.79 Å². The molecule has 2 aromatic rings. The summed E-state index contributed by atoms with van der Waals surface area (Å²) in [6.45, 7) is 4.72. The van der Waals surface area contributed by atoms with Gasteiger partial charge in [-0.1, -0.05) is 18.2 Å². The Balaban J connectivity index is 1.53. The number of nitrogens with zero attached hydrogens (tertiary/aromatic N) is 1. The van der Waals surface area contributed by atoms with Gasteiger partial charge < -0.3 is 19.4 Å². The molecule has 2 aliphatic rings. The normalized spacial score (nSPS) is 20.9. The van der Waals surface area contributed by atoms with Crippen molar-refractivity contribution in [2.24, 2.45) is 0 Å². The molecule has 1 amide bonds. The van der Waals surface area contributed by atoms with Crippen molar-refractivity contribution in [2.45, 2.75) is 25.6 Å². The molecule has 1 aromatic heterocycles. The Morgan fingerprint density at radius 2 is 1.95 bits per heavy atom. The Morgan fingerprint density at radius 3 is 2.64 bits per heavy atom. The summed E-state index contributed by atoms with van der Waals surface area (Å²) in [5.74, 6) is -0.378. The number of para-hydroxylation sites is 1. The van der Waals surface area contributed by atoms with Crippen LogP contribution in [0, 0.1) is 6.92 Å². The van der Waals surface area contributed by atoms with E-state index >= 15 is 0 Å². The van der Waals surface area contributed by atoms with Crippen LogP contribution in [0.5, 0.6) is 0 Å². The number of ether oxygens (including phenoxy) is 2. The van der Waals surface area contributed by atoms with E-state index in [1.165, 1.54) is 0 Å². The van der Waals surface area contributed by atoms with Crippen molar-refractivity contribution in [3.63, 3.8) is 0 Å². The van der Waals surface area contributed by atoms with Crippen molar-refractivity contribution in [1.82, 2.24) is 9.88 Å². The molecule has 2 fully saturated rings. The molecule has 2 saturated heterocycles. The summed E-state index contributed by atoms with van der Waals surface area (Å²) in [4.78, 5) is 17.9. The predicted molar refractivity (Wildman–Crippen MR) is 82.8 cm³/mol. The number of fused-ring (bicyclic) bond motifs is 1. The summed E-state index contributed by atoms with van der Waals surface area (Å²) >= 11 is 0. The van der Waals surface area contributed by atoms with Gasteiger partial charge in [-0.25, -0.2) is 0 Å². The molecule has 1 spiro atoms. The molecule has 116 valence electrons. The number of likely N-dealkylation sites (tertiary alicyclic amines) is 1. The van der Waals surface area contributed by atoms with Crippen LogP contribution < -0.4 is 0 Å². The van der Waals surface area contributed by atoms with Crippen LogP contribution in [0.1, 0.15) is 28.9 Å². The van der Waals surface area contributed by atoms with Gasteiger partial charge in [0.05, 0.1) is 13.2 Å². The van der Waals surface area contributed by atoms with Crippen LogP contribution in [0.2, 0.25) is 0 Å². The van der Waals surface area contributed by atoms with Crippen LogP contribution in [0.4, 0.5) is 0 Å². The van der Waals surface area contributed by atoms with Gasteiger partial charge in [-0.05, 0) is 18.6 Å². The number of carbonyl (C=O) groups is 1. The molecule has 0 saturated carbocycles. The first-order valence-corrected chi connectivity index (χ1v) is 7.82. The fourth-order valence-electron chi connectivity index (χ4n) is 3.43. The standard InChI is InChI=1S/C17H20N2O3/c1-12-3-2-4-13-11-14(18-15(12)13)16(20)19-7-5-17(6-8-19)21-9-10-22-17/h2-4,11,18H,5-10H2,1H3. The lowest BCUT2D eigenvalue weighted by Crippen LogP contribution is -2.47. The molecule has 0 atom stereocenters. The first-order chi connectivity index (χ1) is 10.7. The number of piperidine rings is 1. The molecule has 0 bridgehead atoms. The van der Waals surface area contributed by atoms with E-state index in [1.807, 2.05) is 36.1 Å². The average Bonchev–Trinajstić information content (AvgIpc) is 3.15. The second kappa shape index (κ2) is 5.11. The van der Waals surface area contributed by atoms with Gasteiger partial charge in [0.15, 0.2) is 5.79 Å². The molecular weight excluding hydrogens is 280 g/mol. The number of aromatic amines is 1. The highest BCUT2D eigenvalue weighted by Gasteiger charge is 2.41. The van der Waals surface area contributed by atoms with Crippen LogP contribution in [0.25, 0.3) is 10.9 Å². The van der Waals surface area contributed by atoms with Crippen LogP contribution in [-0.2, 0) is 9.47 Å². The Kier molecular flexibility index (Phi) is 3.20. The van der Waals surface area contributed by atoms with Gasteiger partial charge in [-0.2, -0.15) is 0 Å². The number of hydrogen-bond donors (Lipinski definition) is 1. The Bertz CT molecular complexity index is 706. The molecule has 5 nitrogen and oxygen atoms in total. The maximum atomic E-state index is 12.7. The second-order valence-corrected chi connectivity index (χ2v) is 6.12. The van der Waals surface area contributed by atoms with Crippen molar-refractivity contribution in [3.05, 3.63) is 35.5 Å². The van der Waals surface area contributed by atoms with Crippen molar-refractivity contribution in [3.8, 4) is 0 Å². The molecular formula is C17H20N2O3. The van der Waals surface area contributed by atoms with Crippen LogP contribution >= 0.6 is 0 Å². The largest absolute Gasteiger partial charge is 0.350 e. The van der Waals surface area contributed by atoms with Gasteiger partial charge in [-0.15, -0.1) is 0 Å². The van der Waals surface area contributed by atoms with Gasteiger partial charge in [0.25, 0.3) is 5.91 Å². The van der Waals surface area contributed by atoms with Crippen molar-refractivity contribution in [2.75, 3.05) is 26.3 Å². The number of nitrogens with one attached hydrogen (secondary N) is 1. The van der Waals surface area contributed by atoms with E-state index in [0.29, 0.717) is 32.0 Å². The molecule has 1 N–H and O–H groups in total. The molecule has 0 aliphatic carbocycles. The average molecular weight is 300 g/mol. The first-order valence-electron chi connectivity index (χ1n) is 7.82. The number of carbonyl (C=O) groups excluding carboxylic acids is 1. The van der Waals surface area contributed by atoms with E-state index < -0.39 is 5.79 Å². The van der Waals surface area contributed by atoms with E-state index in [0.717, 1.165) is 29.3 Å².